The Morgan fingerprint density at radius 2 is 0.400 bits per heavy atom. The summed E-state index contributed by atoms with van der Waals surface area (Å²) in [5.41, 5.74) is 0. The SMILES string of the molecule is CCCCCCCCCCCCCCCCCCCCCCC(=O)O[C@H](COC(=O)CCCCCCCCCCCCCCCCCCC)COP(=O)(O)OC[C@@H](O)COP(=O)(O)OC[C@@H](COC(=O)CCCCCCCCCCCCC)OC(=O)CCCCCCCCCCCCCC. The summed E-state index contributed by atoms with van der Waals surface area (Å²) < 4.78 is 68.7. The third-order valence-corrected chi connectivity index (χ3v) is 21.0. The maximum Gasteiger partial charge on any atom is 0.472 e. The van der Waals surface area contributed by atoms with Gasteiger partial charge >= 0.3 is 39.5 Å². The number of esters is 4. The lowest BCUT2D eigenvalue weighted by atomic mass is 10.0. The number of phosphoric acid groups is 2. The van der Waals surface area contributed by atoms with Gasteiger partial charge in [0.05, 0.1) is 26.4 Å². The van der Waals surface area contributed by atoms with Crippen LogP contribution < -0.4 is 0 Å². The van der Waals surface area contributed by atoms with E-state index in [4.69, 9.17) is 37.0 Å². The van der Waals surface area contributed by atoms with Crippen molar-refractivity contribution in [2.75, 3.05) is 39.6 Å². The molecule has 19 heteroatoms. The lowest BCUT2D eigenvalue weighted by Crippen LogP contribution is -2.30. The van der Waals surface area contributed by atoms with Crippen molar-refractivity contribution in [3.63, 3.8) is 0 Å². The molecular formula is C81H158O17P2. The summed E-state index contributed by atoms with van der Waals surface area (Å²) in [6.07, 6.45) is 67.9. The summed E-state index contributed by atoms with van der Waals surface area (Å²) in [4.78, 5) is 73.0. The number of carbonyl (C=O) groups is 4. The van der Waals surface area contributed by atoms with Crippen LogP contribution in [0.5, 0.6) is 0 Å². The standard InChI is InChI=1S/C81H158O17P2/c1-5-9-13-17-21-25-29-32-34-36-37-38-40-42-44-48-52-56-60-64-68-81(86)98-77(72-92-79(84)66-62-58-54-50-47-43-41-39-35-33-30-26-22-18-14-10-6-2)74-96-100(89,90)94-70-75(82)69-93-99(87,88)95-73-76(71-91-78(83)65-61-57-53-49-45-28-24-20-16-12-8-4)97-80(85)67-63-59-55-51-46-31-27-23-19-15-11-7-3/h75-77,82H,5-74H2,1-4H3,(H,87,88)(H,89,90)/t75-,76+,77+/m0/s1. The van der Waals surface area contributed by atoms with Gasteiger partial charge in [0.1, 0.15) is 19.3 Å². The number of phosphoric ester groups is 2. The number of aliphatic hydroxyl groups is 1. The van der Waals surface area contributed by atoms with Crippen LogP contribution in [0.1, 0.15) is 439 Å². The van der Waals surface area contributed by atoms with Crippen molar-refractivity contribution in [2.45, 2.75) is 457 Å². The zero-order valence-electron chi connectivity index (χ0n) is 65.2. The first-order valence-electron chi connectivity index (χ1n) is 42.3. The molecule has 0 rings (SSSR count). The number of hydrogen-bond donors (Lipinski definition) is 3. The molecule has 0 radical (unpaired) electrons. The van der Waals surface area contributed by atoms with Gasteiger partial charge in [0, 0.05) is 25.7 Å². The van der Waals surface area contributed by atoms with Gasteiger partial charge in [0.25, 0.3) is 0 Å². The molecule has 0 aliphatic heterocycles. The second-order valence-corrected chi connectivity index (χ2v) is 32.1. The molecule has 0 bridgehead atoms. The van der Waals surface area contributed by atoms with Crippen LogP contribution in [0.3, 0.4) is 0 Å². The van der Waals surface area contributed by atoms with Gasteiger partial charge in [-0.05, 0) is 25.7 Å². The van der Waals surface area contributed by atoms with Crippen molar-refractivity contribution in [2.24, 2.45) is 0 Å². The molecular weight excluding hydrogens is 1310 g/mol. The van der Waals surface area contributed by atoms with E-state index in [1.165, 1.54) is 270 Å². The van der Waals surface area contributed by atoms with Crippen LogP contribution in [0.2, 0.25) is 0 Å². The van der Waals surface area contributed by atoms with Gasteiger partial charge in [0.2, 0.25) is 0 Å². The third kappa shape index (κ3) is 74.3. The largest absolute Gasteiger partial charge is 0.472 e. The number of unbranched alkanes of at least 4 members (excludes halogenated alkanes) is 56. The zero-order valence-corrected chi connectivity index (χ0v) is 67.0. The average molecular weight is 1470 g/mol. The smallest absolute Gasteiger partial charge is 0.462 e. The van der Waals surface area contributed by atoms with Gasteiger partial charge in [-0.15, -0.1) is 0 Å². The summed E-state index contributed by atoms with van der Waals surface area (Å²) in [7, 11) is -9.92. The Hall–Kier alpha value is -1.94. The Kier molecular flexibility index (Phi) is 73.8. The molecule has 17 nitrogen and oxygen atoms in total. The van der Waals surface area contributed by atoms with E-state index in [-0.39, 0.29) is 25.7 Å². The van der Waals surface area contributed by atoms with Gasteiger partial charge in [-0.1, -0.05) is 387 Å². The second kappa shape index (κ2) is 75.3. The molecule has 0 aliphatic rings. The second-order valence-electron chi connectivity index (χ2n) is 29.2. The highest BCUT2D eigenvalue weighted by Crippen LogP contribution is 2.45. The van der Waals surface area contributed by atoms with Crippen LogP contribution in [0.4, 0.5) is 0 Å². The third-order valence-electron chi connectivity index (χ3n) is 19.1. The number of ether oxygens (including phenoxy) is 4. The fourth-order valence-electron chi connectivity index (χ4n) is 12.6. The topological polar surface area (TPSA) is 237 Å². The molecule has 5 atom stereocenters. The number of hydrogen-bond acceptors (Lipinski definition) is 15. The predicted molar refractivity (Wildman–Crippen MR) is 409 cm³/mol. The molecule has 0 amide bonds. The monoisotopic (exact) mass is 1470 g/mol. The normalized spacial score (nSPS) is 13.8. The summed E-state index contributed by atoms with van der Waals surface area (Å²) in [5, 5.41) is 10.6. The molecule has 0 aliphatic carbocycles. The average Bonchev–Trinajstić information content (AvgIpc) is 0.933. The highest BCUT2D eigenvalue weighted by Gasteiger charge is 2.30. The van der Waals surface area contributed by atoms with Crippen LogP contribution >= 0.6 is 15.6 Å². The molecule has 0 saturated heterocycles. The van der Waals surface area contributed by atoms with E-state index in [1.54, 1.807) is 0 Å². The Morgan fingerprint density at radius 1 is 0.240 bits per heavy atom. The molecule has 0 heterocycles. The van der Waals surface area contributed by atoms with Crippen molar-refractivity contribution in [1.82, 2.24) is 0 Å². The fraction of sp³-hybridized carbons (Fsp3) is 0.951. The molecule has 2 unspecified atom stereocenters. The molecule has 100 heavy (non-hydrogen) atoms. The van der Waals surface area contributed by atoms with E-state index in [0.29, 0.717) is 25.7 Å². The number of carbonyl (C=O) groups excluding carboxylic acids is 4. The number of aliphatic hydroxyl groups excluding tert-OH is 1. The van der Waals surface area contributed by atoms with Crippen molar-refractivity contribution >= 4 is 39.5 Å². The van der Waals surface area contributed by atoms with Gasteiger partial charge in [-0.2, -0.15) is 0 Å². The molecule has 0 saturated carbocycles. The molecule has 0 aromatic carbocycles. The minimum atomic E-state index is -4.96. The minimum absolute atomic E-state index is 0.108. The minimum Gasteiger partial charge on any atom is -0.462 e. The quantitative estimate of drug-likeness (QED) is 0.0222. The summed E-state index contributed by atoms with van der Waals surface area (Å²) in [6.45, 7) is 5.02. The van der Waals surface area contributed by atoms with E-state index in [1.807, 2.05) is 0 Å². The molecule has 0 aromatic rings. The van der Waals surface area contributed by atoms with Crippen LogP contribution in [-0.2, 0) is 65.4 Å². The van der Waals surface area contributed by atoms with E-state index >= 15 is 0 Å². The first-order valence-corrected chi connectivity index (χ1v) is 45.3. The molecule has 594 valence electrons. The van der Waals surface area contributed by atoms with Gasteiger partial charge in [0.15, 0.2) is 12.2 Å². The summed E-state index contributed by atoms with van der Waals surface area (Å²) in [6, 6.07) is 0. The molecule has 0 spiro atoms. The Morgan fingerprint density at radius 3 is 0.590 bits per heavy atom. The lowest BCUT2D eigenvalue weighted by molar-refractivity contribution is -0.161. The van der Waals surface area contributed by atoms with E-state index < -0.39 is 97.5 Å². The van der Waals surface area contributed by atoms with E-state index in [2.05, 4.69) is 27.7 Å². The van der Waals surface area contributed by atoms with Crippen LogP contribution in [0, 0.1) is 0 Å². The first-order chi connectivity index (χ1) is 48.7. The van der Waals surface area contributed by atoms with Crippen molar-refractivity contribution in [3.05, 3.63) is 0 Å². The number of rotatable bonds is 82. The Balaban J connectivity index is 5.22. The van der Waals surface area contributed by atoms with E-state index in [9.17, 15) is 43.2 Å². The van der Waals surface area contributed by atoms with Gasteiger partial charge in [-0.3, -0.25) is 37.3 Å². The van der Waals surface area contributed by atoms with E-state index in [0.717, 1.165) is 89.9 Å². The zero-order chi connectivity index (χ0) is 73.2. The fourth-order valence-corrected chi connectivity index (χ4v) is 14.2. The molecule has 3 N–H and O–H groups in total. The Bertz CT molecular complexity index is 1890. The first kappa shape index (κ1) is 98.1. The molecule has 0 aromatic heterocycles. The maximum atomic E-state index is 13.1. The van der Waals surface area contributed by atoms with Crippen LogP contribution in [0.25, 0.3) is 0 Å². The van der Waals surface area contributed by atoms with Crippen LogP contribution in [0.15, 0.2) is 0 Å². The lowest BCUT2D eigenvalue weighted by Gasteiger charge is -2.21. The van der Waals surface area contributed by atoms with Crippen LogP contribution in [-0.4, -0.2) is 96.7 Å². The van der Waals surface area contributed by atoms with Crippen molar-refractivity contribution < 1.29 is 80.2 Å². The van der Waals surface area contributed by atoms with Crippen molar-refractivity contribution in [3.8, 4) is 0 Å². The maximum absolute atomic E-state index is 13.1. The molecule has 0 fully saturated rings. The summed E-state index contributed by atoms with van der Waals surface area (Å²) >= 11 is 0. The Labute approximate surface area is 613 Å². The highest BCUT2D eigenvalue weighted by molar-refractivity contribution is 7.47. The van der Waals surface area contributed by atoms with Gasteiger partial charge < -0.3 is 33.8 Å². The predicted octanol–water partition coefficient (Wildman–Crippen LogP) is 24.6. The van der Waals surface area contributed by atoms with Crippen molar-refractivity contribution in [1.29, 1.82) is 0 Å². The van der Waals surface area contributed by atoms with Gasteiger partial charge in [-0.25, -0.2) is 9.13 Å². The summed E-state index contributed by atoms with van der Waals surface area (Å²) in [5.74, 6) is -2.10. The highest BCUT2D eigenvalue weighted by atomic mass is 31.2.